The van der Waals surface area contributed by atoms with Crippen molar-refractivity contribution in [2.75, 3.05) is 26.4 Å². The molecule has 40 heavy (non-hydrogen) atoms. The predicted molar refractivity (Wildman–Crippen MR) is 149 cm³/mol. The standard InChI is InChI=1S/C31H39NO8/c1-3-40-30(39)17-32-16-20-4-6-22(7-5-20)24-8-9-27(36)31-25(24)14-21(15-29(31)38)13-23(10-11-33)26(18-34)28(37)12-19(2)35/h4-9,21,23,26,32-34,36H,3,10-18H2,1-2H3. The summed E-state index contributed by atoms with van der Waals surface area (Å²) in [6, 6.07) is 11.0. The van der Waals surface area contributed by atoms with Gasteiger partial charge in [0, 0.05) is 25.5 Å². The first-order valence-corrected chi connectivity index (χ1v) is 13.8. The number of aliphatic hydroxyl groups excluding tert-OH is 2. The molecule has 0 heterocycles. The maximum Gasteiger partial charge on any atom is 0.319 e. The van der Waals surface area contributed by atoms with Crippen LogP contribution in [-0.2, 0) is 32.1 Å². The van der Waals surface area contributed by atoms with Crippen molar-refractivity contribution < 1.29 is 39.2 Å². The number of carbonyl (C=O) groups excluding carboxylic acids is 4. The number of fused-ring (bicyclic) bond motifs is 1. The van der Waals surface area contributed by atoms with Crippen LogP contribution in [0.2, 0.25) is 0 Å². The number of ketones is 3. The predicted octanol–water partition coefficient (Wildman–Crippen LogP) is 3.00. The SMILES string of the molecule is CCOC(=O)CNCc1ccc(-c2ccc(O)c3c2CC(CC(CCO)C(CO)C(=O)CC(C)=O)CC3=O)cc1. The number of aliphatic hydroxyl groups is 2. The molecule has 216 valence electrons. The lowest BCUT2D eigenvalue weighted by Crippen LogP contribution is -2.32. The molecule has 1 aliphatic carbocycles. The van der Waals surface area contributed by atoms with E-state index in [0.29, 0.717) is 31.6 Å². The van der Waals surface area contributed by atoms with Gasteiger partial charge in [0.2, 0.25) is 0 Å². The Hall–Kier alpha value is -3.40. The monoisotopic (exact) mass is 553 g/mol. The molecule has 0 saturated heterocycles. The van der Waals surface area contributed by atoms with Gasteiger partial charge in [0.25, 0.3) is 0 Å². The number of Topliss-reactive ketones (excluding diaryl/α,β-unsaturated/α-hetero) is 3. The Labute approximate surface area is 234 Å². The zero-order chi connectivity index (χ0) is 29.2. The van der Waals surface area contributed by atoms with Crippen LogP contribution >= 0.6 is 0 Å². The smallest absolute Gasteiger partial charge is 0.319 e. The Balaban J connectivity index is 1.81. The van der Waals surface area contributed by atoms with Crippen molar-refractivity contribution in [2.45, 2.75) is 52.5 Å². The van der Waals surface area contributed by atoms with E-state index < -0.39 is 12.5 Å². The molecule has 0 saturated carbocycles. The number of phenolic OH excluding ortho intramolecular Hbond substituents is 1. The van der Waals surface area contributed by atoms with E-state index >= 15 is 0 Å². The van der Waals surface area contributed by atoms with Gasteiger partial charge in [-0.15, -0.1) is 0 Å². The Morgan fingerprint density at radius 3 is 2.42 bits per heavy atom. The fourth-order valence-electron chi connectivity index (χ4n) is 5.61. The minimum Gasteiger partial charge on any atom is -0.507 e. The maximum atomic E-state index is 13.2. The highest BCUT2D eigenvalue weighted by molar-refractivity contribution is 6.03. The van der Waals surface area contributed by atoms with E-state index in [-0.39, 0.29) is 73.3 Å². The number of phenols is 1. The van der Waals surface area contributed by atoms with Crippen LogP contribution in [-0.4, -0.2) is 65.0 Å². The number of ether oxygens (including phenoxy) is 1. The van der Waals surface area contributed by atoms with Gasteiger partial charge in [0.05, 0.1) is 31.7 Å². The summed E-state index contributed by atoms with van der Waals surface area (Å²) >= 11 is 0. The van der Waals surface area contributed by atoms with Gasteiger partial charge in [-0.25, -0.2) is 0 Å². The minimum absolute atomic E-state index is 0.0706. The van der Waals surface area contributed by atoms with Gasteiger partial charge in [0.15, 0.2) is 5.78 Å². The molecule has 0 bridgehead atoms. The Morgan fingerprint density at radius 2 is 1.80 bits per heavy atom. The normalized spacial score (nSPS) is 16.2. The highest BCUT2D eigenvalue weighted by Crippen LogP contribution is 2.41. The van der Waals surface area contributed by atoms with Gasteiger partial charge >= 0.3 is 5.97 Å². The topological polar surface area (TPSA) is 150 Å². The van der Waals surface area contributed by atoms with Gasteiger partial charge in [-0.3, -0.25) is 19.2 Å². The lowest BCUT2D eigenvalue weighted by atomic mass is 9.72. The molecule has 3 atom stereocenters. The molecule has 9 heteroatoms. The van der Waals surface area contributed by atoms with E-state index in [2.05, 4.69) is 5.32 Å². The lowest BCUT2D eigenvalue weighted by molar-refractivity contribution is -0.142. The van der Waals surface area contributed by atoms with Gasteiger partial charge < -0.3 is 25.4 Å². The molecule has 1 aliphatic rings. The van der Waals surface area contributed by atoms with Crippen LogP contribution in [0.4, 0.5) is 0 Å². The van der Waals surface area contributed by atoms with Crippen molar-refractivity contribution in [3.8, 4) is 16.9 Å². The summed E-state index contributed by atoms with van der Waals surface area (Å²) in [6.07, 6.45) is 1.07. The van der Waals surface area contributed by atoms with Crippen LogP contribution in [0.3, 0.4) is 0 Å². The van der Waals surface area contributed by atoms with Crippen LogP contribution in [0.1, 0.15) is 61.0 Å². The average Bonchev–Trinajstić information content (AvgIpc) is 2.89. The molecule has 0 radical (unpaired) electrons. The Bertz CT molecular complexity index is 1210. The third-order valence-corrected chi connectivity index (χ3v) is 7.44. The van der Waals surface area contributed by atoms with E-state index in [1.807, 2.05) is 24.3 Å². The first-order valence-electron chi connectivity index (χ1n) is 13.8. The molecule has 0 aromatic heterocycles. The lowest BCUT2D eigenvalue weighted by Gasteiger charge is -2.31. The summed E-state index contributed by atoms with van der Waals surface area (Å²) in [5, 5.41) is 33.2. The summed E-state index contributed by atoms with van der Waals surface area (Å²) in [5.74, 6) is -2.56. The van der Waals surface area contributed by atoms with E-state index in [4.69, 9.17) is 4.74 Å². The van der Waals surface area contributed by atoms with Gasteiger partial charge in [-0.1, -0.05) is 30.3 Å². The summed E-state index contributed by atoms with van der Waals surface area (Å²) in [7, 11) is 0. The zero-order valence-electron chi connectivity index (χ0n) is 23.2. The first-order chi connectivity index (χ1) is 19.2. The Morgan fingerprint density at radius 1 is 1.07 bits per heavy atom. The minimum atomic E-state index is -0.791. The van der Waals surface area contributed by atoms with Gasteiger partial charge in [-0.2, -0.15) is 0 Å². The fraction of sp³-hybridized carbons (Fsp3) is 0.484. The molecule has 3 unspecified atom stereocenters. The molecular formula is C31H39NO8. The molecule has 2 aromatic carbocycles. The third-order valence-electron chi connectivity index (χ3n) is 7.44. The number of esters is 1. The fourth-order valence-corrected chi connectivity index (χ4v) is 5.61. The molecule has 4 N–H and O–H groups in total. The summed E-state index contributed by atoms with van der Waals surface area (Å²) in [6.45, 7) is 3.39. The number of nitrogens with one attached hydrogen (secondary N) is 1. The van der Waals surface area contributed by atoms with Crippen molar-refractivity contribution in [1.82, 2.24) is 5.32 Å². The Kier molecular flexibility index (Phi) is 11.5. The number of aromatic hydroxyl groups is 1. The zero-order valence-corrected chi connectivity index (χ0v) is 23.2. The van der Waals surface area contributed by atoms with Crippen molar-refractivity contribution in [3.63, 3.8) is 0 Å². The number of carbonyl (C=O) groups is 4. The van der Waals surface area contributed by atoms with Crippen molar-refractivity contribution in [2.24, 2.45) is 17.8 Å². The molecule has 0 aliphatic heterocycles. The van der Waals surface area contributed by atoms with Gasteiger partial charge in [-0.05, 0) is 73.3 Å². The van der Waals surface area contributed by atoms with Crippen LogP contribution in [0, 0.1) is 17.8 Å². The number of rotatable bonds is 15. The summed E-state index contributed by atoms with van der Waals surface area (Å²) < 4.78 is 4.92. The van der Waals surface area contributed by atoms with Crippen molar-refractivity contribution in [1.29, 1.82) is 0 Å². The maximum absolute atomic E-state index is 13.2. The second-order valence-electron chi connectivity index (χ2n) is 10.4. The second kappa shape index (κ2) is 14.8. The van der Waals surface area contributed by atoms with Crippen LogP contribution in [0.25, 0.3) is 11.1 Å². The van der Waals surface area contributed by atoms with Crippen molar-refractivity contribution in [3.05, 3.63) is 53.1 Å². The van der Waals surface area contributed by atoms with E-state index in [0.717, 1.165) is 22.3 Å². The highest BCUT2D eigenvalue weighted by atomic mass is 16.5. The highest BCUT2D eigenvalue weighted by Gasteiger charge is 2.35. The second-order valence-corrected chi connectivity index (χ2v) is 10.4. The molecule has 2 aromatic rings. The molecule has 9 nitrogen and oxygen atoms in total. The number of hydrogen-bond donors (Lipinski definition) is 4. The number of benzene rings is 2. The van der Waals surface area contributed by atoms with Gasteiger partial charge in [0.1, 0.15) is 17.3 Å². The van der Waals surface area contributed by atoms with Crippen molar-refractivity contribution >= 4 is 23.3 Å². The molecule has 0 fully saturated rings. The number of hydrogen-bond acceptors (Lipinski definition) is 9. The quantitative estimate of drug-likeness (QED) is 0.193. The van der Waals surface area contributed by atoms with Crippen LogP contribution in [0.5, 0.6) is 5.75 Å². The molecule has 0 spiro atoms. The van der Waals surface area contributed by atoms with Crippen LogP contribution < -0.4 is 5.32 Å². The van der Waals surface area contributed by atoms with E-state index in [1.54, 1.807) is 13.0 Å². The van der Waals surface area contributed by atoms with Crippen LogP contribution in [0.15, 0.2) is 36.4 Å². The molecular weight excluding hydrogens is 514 g/mol. The van der Waals surface area contributed by atoms with E-state index in [9.17, 15) is 34.5 Å². The summed E-state index contributed by atoms with van der Waals surface area (Å²) in [5.41, 5.74) is 3.69. The molecule has 3 rings (SSSR count). The largest absolute Gasteiger partial charge is 0.507 e. The molecule has 0 amide bonds. The average molecular weight is 554 g/mol. The van der Waals surface area contributed by atoms with E-state index in [1.165, 1.54) is 13.0 Å². The first kappa shape index (κ1) is 31.1. The summed E-state index contributed by atoms with van der Waals surface area (Å²) in [4.78, 5) is 48.9. The third kappa shape index (κ3) is 8.06.